The maximum Gasteiger partial charge on any atom is 0.247 e. The van der Waals surface area contributed by atoms with Crippen LogP contribution >= 0.6 is 11.8 Å². The number of thioether (sulfide) groups is 1. The van der Waals surface area contributed by atoms with Gasteiger partial charge >= 0.3 is 0 Å². The third-order valence-corrected chi connectivity index (χ3v) is 6.09. The number of carbonyl (C=O) groups is 2. The molecule has 1 aliphatic rings. The van der Waals surface area contributed by atoms with Crippen LogP contribution in [0, 0.1) is 13.8 Å². The highest BCUT2D eigenvalue weighted by Crippen LogP contribution is 2.32. The van der Waals surface area contributed by atoms with Crippen LogP contribution in [0.2, 0.25) is 0 Å². The van der Waals surface area contributed by atoms with Crippen LogP contribution < -0.4 is 15.0 Å². The lowest BCUT2D eigenvalue weighted by molar-refractivity contribution is -0.121. The zero-order valence-electron chi connectivity index (χ0n) is 18.5. The van der Waals surface area contributed by atoms with Gasteiger partial charge in [0.25, 0.3) is 0 Å². The standard InChI is InChI=1S/C24H29N3O3S/c1-5-13-30-20-11-9-19(10-12-20)27-22(28)15-21(23(27)29)31-24(25-6-2)26-18-8-7-16(3)17(4)14-18/h7-12,14,21H,5-6,13,15H2,1-4H3,(H,25,26)/t21-/m0/s1. The smallest absolute Gasteiger partial charge is 0.247 e. The number of carbonyl (C=O) groups excluding carboxylic acids is 2. The lowest BCUT2D eigenvalue weighted by Gasteiger charge is -2.16. The number of hydrogen-bond donors (Lipinski definition) is 1. The van der Waals surface area contributed by atoms with E-state index in [1.165, 1.54) is 27.8 Å². The predicted molar refractivity (Wildman–Crippen MR) is 128 cm³/mol. The van der Waals surface area contributed by atoms with E-state index in [-0.39, 0.29) is 18.2 Å². The summed E-state index contributed by atoms with van der Waals surface area (Å²) < 4.78 is 5.58. The summed E-state index contributed by atoms with van der Waals surface area (Å²) in [5.74, 6) is 0.306. The maximum absolute atomic E-state index is 13.0. The Balaban J connectivity index is 1.71. The fraction of sp³-hybridized carbons (Fsp3) is 0.375. The molecule has 0 radical (unpaired) electrons. The van der Waals surface area contributed by atoms with Gasteiger partial charge in [0.15, 0.2) is 5.17 Å². The number of aryl methyl sites for hydroxylation is 2. The molecule has 2 aromatic rings. The molecule has 1 saturated heterocycles. The van der Waals surface area contributed by atoms with Crippen molar-refractivity contribution in [2.24, 2.45) is 4.99 Å². The molecule has 1 atom stereocenters. The number of nitrogens with zero attached hydrogens (tertiary/aromatic N) is 2. The second-order valence-corrected chi connectivity index (χ2v) is 8.62. The number of nitrogens with one attached hydrogen (secondary N) is 1. The fourth-order valence-electron chi connectivity index (χ4n) is 3.21. The van der Waals surface area contributed by atoms with Crippen molar-refractivity contribution in [3.05, 3.63) is 53.6 Å². The largest absolute Gasteiger partial charge is 0.494 e. The molecule has 1 heterocycles. The lowest BCUT2D eigenvalue weighted by Crippen LogP contribution is -2.31. The average Bonchev–Trinajstić information content (AvgIpc) is 3.02. The molecule has 0 aliphatic carbocycles. The van der Waals surface area contributed by atoms with E-state index in [1.807, 2.05) is 26.0 Å². The van der Waals surface area contributed by atoms with Crippen molar-refractivity contribution in [3.8, 4) is 5.75 Å². The first-order valence-corrected chi connectivity index (χ1v) is 11.5. The van der Waals surface area contributed by atoms with Gasteiger partial charge in [-0.2, -0.15) is 0 Å². The molecule has 0 spiro atoms. The number of hydrogen-bond acceptors (Lipinski definition) is 5. The summed E-state index contributed by atoms with van der Waals surface area (Å²) in [5.41, 5.74) is 3.87. The van der Waals surface area contributed by atoms with Gasteiger partial charge < -0.3 is 10.1 Å². The van der Waals surface area contributed by atoms with Gasteiger partial charge in [-0.15, -0.1) is 0 Å². The number of anilines is 2. The number of amidine groups is 1. The van der Waals surface area contributed by atoms with Crippen molar-refractivity contribution in [3.63, 3.8) is 0 Å². The summed E-state index contributed by atoms with van der Waals surface area (Å²) in [5, 5.41) is 3.44. The van der Waals surface area contributed by atoms with Gasteiger partial charge in [0.2, 0.25) is 11.8 Å². The van der Waals surface area contributed by atoms with Crippen LogP contribution in [0.15, 0.2) is 47.5 Å². The summed E-state index contributed by atoms with van der Waals surface area (Å²) >= 11 is 1.31. The van der Waals surface area contributed by atoms with Gasteiger partial charge in [0, 0.05) is 18.7 Å². The van der Waals surface area contributed by atoms with Crippen molar-refractivity contribution in [1.82, 2.24) is 0 Å². The normalized spacial score (nSPS) is 16.7. The molecule has 0 aromatic heterocycles. The van der Waals surface area contributed by atoms with Crippen LogP contribution in [-0.2, 0) is 9.59 Å². The summed E-state index contributed by atoms with van der Waals surface area (Å²) in [7, 11) is 0. The first-order chi connectivity index (χ1) is 14.9. The summed E-state index contributed by atoms with van der Waals surface area (Å²) in [6.07, 6.45) is 1.07. The van der Waals surface area contributed by atoms with Crippen LogP contribution in [0.4, 0.5) is 11.4 Å². The Hall–Kier alpha value is -2.80. The van der Waals surface area contributed by atoms with Gasteiger partial charge in [-0.1, -0.05) is 24.8 Å². The molecule has 31 heavy (non-hydrogen) atoms. The van der Waals surface area contributed by atoms with Gasteiger partial charge in [0.1, 0.15) is 11.0 Å². The zero-order chi connectivity index (χ0) is 22.4. The minimum Gasteiger partial charge on any atom is -0.494 e. The third-order valence-electron chi connectivity index (χ3n) is 4.99. The SMILES string of the molecule is CCCOc1ccc(N2C(=O)C[C@H](SC(=NCC)Nc3ccc(C)c(C)c3)C2=O)cc1. The quantitative estimate of drug-likeness (QED) is 0.376. The van der Waals surface area contributed by atoms with Crippen LogP contribution in [0.1, 0.15) is 37.8 Å². The van der Waals surface area contributed by atoms with Crippen molar-refractivity contribution in [2.75, 3.05) is 23.4 Å². The monoisotopic (exact) mass is 439 g/mol. The Morgan fingerprint density at radius 2 is 1.87 bits per heavy atom. The molecule has 1 fully saturated rings. The fourth-order valence-corrected chi connectivity index (χ4v) is 4.29. The molecule has 1 aliphatic heterocycles. The number of imide groups is 1. The molecule has 2 amide bonds. The van der Waals surface area contributed by atoms with E-state index < -0.39 is 5.25 Å². The van der Waals surface area contributed by atoms with Crippen LogP contribution in [0.3, 0.4) is 0 Å². The van der Waals surface area contributed by atoms with E-state index >= 15 is 0 Å². The first-order valence-electron chi connectivity index (χ1n) is 10.6. The lowest BCUT2D eigenvalue weighted by atomic mass is 10.1. The summed E-state index contributed by atoms with van der Waals surface area (Å²) in [6, 6.07) is 13.2. The number of ether oxygens (including phenoxy) is 1. The Labute approximate surface area is 188 Å². The summed E-state index contributed by atoms with van der Waals surface area (Å²) in [6.45, 7) is 9.32. The van der Waals surface area contributed by atoms with Gasteiger partial charge in [0.05, 0.1) is 12.3 Å². The highest BCUT2D eigenvalue weighted by molar-refractivity contribution is 8.15. The number of amides is 2. The molecule has 164 valence electrons. The topological polar surface area (TPSA) is 71.0 Å². The Morgan fingerprint density at radius 1 is 1.13 bits per heavy atom. The number of benzene rings is 2. The van der Waals surface area contributed by atoms with Crippen molar-refractivity contribution >= 4 is 40.1 Å². The molecular weight excluding hydrogens is 410 g/mol. The van der Waals surface area contributed by atoms with Crippen LogP contribution in [0.5, 0.6) is 5.75 Å². The highest BCUT2D eigenvalue weighted by Gasteiger charge is 2.40. The van der Waals surface area contributed by atoms with Gasteiger partial charge in [-0.05, 0) is 74.7 Å². The van der Waals surface area contributed by atoms with Crippen LogP contribution in [0.25, 0.3) is 0 Å². The molecule has 6 nitrogen and oxygen atoms in total. The minimum absolute atomic E-state index is 0.148. The van der Waals surface area contributed by atoms with Gasteiger partial charge in [-0.3, -0.25) is 14.6 Å². The van der Waals surface area contributed by atoms with Crippen molar-refractivity contribution in [1.29, 1.82) is 0 Å². The van der Waals surface area contributed by atoms with Crippen molar-refractivity contribution < 1.29 is 14.3 Å². The molecule has 0 unspecified atom stereocenters. The van der Waals surface area contributed by atoms with E-state index in [4.69, 9.17) is 4.74 Å². The first kappa shape index (κ1) is 22.9. The second-order valence-electron chi connectivity index (χ2n) is 7.42. The van der Waals surface area contributed by atoms with E-state index in [1.54, 1.807) is 24.3 Å². The van der Waals surface area contributed by atoms with Crippen molar-refractivity contribution in [2.45, 2.75) is 45.8 Å². The maximum atomic E-state index is 13.0. The Bertz CT molecular complexity index is 973. The molecule has 1 N–H and O–H groups in total. The molecule has 2 aromatic carbocycles. The summed E-state index contributed by atoms with van der Waals surface area (Å²) in [4.78, 5) is 31.4. The average molecular weight is 440 g/mol. The minimum atomic E-state index is -0.507. The molecule has 3 rings (SSSR count). The van der Waals surface area contributed by atoms with E-state index in [2.05, 4.69) is 30.2 Å². The van der Waals surface area contributed by atoms with Gasteiger partial charge in [-0.25, -0.2) is 4.90 Å². The third kappa shape index (κ3) is 5.67. The second kappa shape index (κ2) is 10.5. The highest BCUT2D eigenvalue weighted by atomic mass is 32.2. The number of aliphatic imine (C=N–C) groups is 1. The van der Waals surface area contributed by atoms with E-state index in [0.29, 0.717) is 24.0 Å². The molecule has 0 saturated carbocycles. The van der Waals surface area contributed by atoms with E-state index in [9.17, 15) is 9.59 Å². The van der Waals surface area contributed by atoms with E-state index in [0.717, 1.165) is 17.9 Å². The Kier molecular flexibility index (Phi) is 7.74. The Morgan fingerprint density at radius 3 is 2.52 bits per heavy atom. The number of rotatable bonds is 7. The zero-order valence-corrected chi connectivity index (χ0v) is 19.3. The molecular formula is C24H29N3O3S. The molecule has 7 heteroatoms. The van der Waals surface area contributed by atoms with Crippen LogP contribution in [-0.4, -0.2) is 35.4 Å². The predicted octanol–water partition coefficient (Wildman–Crippen LogP) is 4.95. The molecule has 0 bridgehead atoms.